The second-order valence-corrected chi connectivity index (χ2v) is 4.82. The quantitative estimate of drug-likeness (QED) is 0.798. The summed E-state index contributed by atoms with van der Waals surface area (Å²) in [5, 5.41) is 0. The lowest BCUT2D eigenvalue weighted by Crippen LogP contribution is -2.27. The number of halogens is 1. The van der Waals surface area contributed by atoms with Crippen molar-refractivity contribution in [2.45, 2.75) is 25.0 Å². The van der Waals surface area contributed by atoms with Crippen molar-refractivity contribution in [3.05, 3.63) is 34.3 Å². The molecule has 0 atom stereocenters. The van der Waals surface area contributed by atoms with Gasteiger partial charge in [0.15, 0.2) is 5.60 Å². The van der Waals surface area contributed by atoms with Gasteiger partial charge >= 0.3 is 5.97 Å². The highest BCUT2D eigenvalue weighted by molar-refractivity contribution is 9.10. The molecule has 4 heteroatoms. The van der Waals surface area contributed by atoms with Crippen molar-refractivity contribution in [2.24, 2.45) is 0 Å². The van der Waals surface area contributed by atoms with Crippen molar-refractivity contribution < 1.29 is 14.3 Å². The molecule has 1 aliphatic carbocycles. The van der Waals surface area contributed by atoms with E-state index in [1.54, 1.807) is 0 Å². The van der Waals surface area contributed by atoms with Crippen molar-refractivity contribution in [1.29, 1.82) is 0 Å². The molecule has 2 rings (SSSR count). The summed E-state index contributed by atoms with van der Waals surface area (Å²) >= 11 is 3.37. The maximum absolute atomic E-state index is 11.4. The lowest BCUT2D eigenvalue weighted by atomic mass is 10.2. The summed E-state index contributed by atoms with van der Waals surface area (Å²) in [7, 11) is 1.39. The number of hydrogen-bond acceptors (Lipinski definition) is 3. The third kappa shape index (κ3) is 2.44. The molecule has 0 radical (unpaired) electrons. The van der Waals surface area contributed by atoms with Gasteiger partial charge in [-0.1, -0.05) is 28.1 Å². The number of carbonyl (C=O) groups is 1. The molecular weight excluding hydrogens is 272 g/mol. The van der Waals surface area contributed by atoms with Crippen LogP contribution in [0.5, 0.6) is 0 Å². The summed E-state index contributed by atoms with van der Waals surface area (Å²) in [5.41, 5.74) is 0.389. The molecule has 16 heavy (non-hydrogen) atoms. The Bertz CT molecular complexity index is 382. The van der Waals surface area contributed by atoms with Crippen LogP contribution in [0.2, 0.25) is 0 Å². The summed E-state index contributed by atoms with van der Waals surface area (Å²) in [5.74, 6) is -0.260. The molecule has 0 heterocycles. The second-order valence-electron chi connectivity index (χ2n) is 3.90. The Labute approximate surface area is 103 Å². The van der Waals surface area contributed by atoms with Gasteiger partial charge < -0.3 is 9.47 Å². The summed E-state index contributed by atoms with van der Waals surface area (Å²) in [6.45, 7) is 0.447. The van der Waals surface area contributed by atoms with E-state index in [1.165, 1.54) is 7.11 Å². The Hall–Kier alpha value is -0.870. The van der Waals surface area contributed by atoms with E-state index >= 15 is 0 Å². The zero-order chi connectivity index (χ0) is 11.6. The molecule has 1 aromatic carbocycles. The molecule has 0 aliphatic heterocycles. The summed E-state index contributed by atoms with van der Waals surface area (Å²) < 4.78 is 11.4. The molecule has 0 unspecified atom stereocenters. The fourth-order valence-corrected chi connectivity index (χ4v) is 1.77. The van der Waals surface area contributed by atoms with Crippen molar-refractivity contribution in [1.82, 2.24) is 0 Å². The molecule has 0 amide bonds. The van der Waals surface area contributed by atoms with E-state index in [4.69, 9.17) is 9.47 Å². The van der Waals surface area contributed by atoms with Crippen LogP contribution in [0.3, 0.4) is 0 Å². The molecular formula is C12H13BrO3. The molecule has 1 saturated carbocycles. The number of benzene rings is 1. The number of carbonyl (C=O) groups excluding carboxylic acids is 1. The average Bonchev–Trinajstić information content (AvgIpc) is 3.08. The first kappa shape index (κ1) is 11.6. The van der Waals surface area contributed by atoms with E-state index in [0.717, 1.165) is 22.9 Å². The number of hydrogen-bond donors (Lipinski definition) is 0. The van der Waals surface area contributed by atoms with Crippen LogP contribution >= 0.6 is 15.9 Å². The van der Waals surface area contributed by atoms with Crippen molar-refractivity contribution >= 4 is 21.9 Å². The maximum Gasteiger partial charge on any atom is 0.338 e. The molecule has 1 aliphatic rings. The minimum Gasteiger partial charge on any atom is -0.467 e. The third-order valence-corrected chi connectivity index (χ3v) is 3.22. The van der Waals surface area contributed by atoms with Gasteiger partial charge in [-0.3, -0.25) is 0 Å². The van der Waals surface area contributed by atoms with Gasteiger partial charge in [-0.15, -0.1) is 0 Å². The van der Waals surface area contributed by atoms with Crippen LogP contribution in [0.1, 0.15) is 18.4 Å². The van der Waals surface area contributed by atoms with Crippen molar-refractivity contribution in [3.63, 3.8) is 0 Å². The monoisotopic (exact) mass is 284 g/mol. The standard InChI is InChI=1S/C12H13BrO3/c1-15-11(14)12(6-7-12)16-8-9-2-4-10(13)5-3-9/h2-5H,6-8H2,1H3. The SMILES string of the molecule is COC(=O)C1(OCc2ccc(Br)cc2)CC1. The lowest BCUT2D eigenvalue weighted by Gasteiger charge is -2.13. The predicted octanol–water partition coefficient (Wildman–Crippen LogP) is 2.67. The molecule has 1 aromatic rings. The van der Waals surface area contributed by atoms with E-state index in [0.29, 0.717) is 6.61 Å². The maximum atomic E-state index is 11.4. The minimum absolute atomic E-state index is 0.260. The molecule has 0 aromatic heterocycles. The van der Waals surface area contributed by atoms with Crippen molar-refractivity contribution in [3.8, 4) is 0 Å². The highest BCUT2D eigenvalue weighted by atomic mass is 79.9. The fourth-order valence-electron chi connectivity index (χ4n) is 1.51. The molecule has 1 fully saturated rings. The molecule has 3 nitrogen and oxygen atoms in total. The van der Waals surface area contributed by atoms with Gasteiger partial charge in [-0.05, 0) is 30.5 Å². The third-order valence-electron chi connectivity index (χ3n) is 2.69. The lowest BCUT2D eigenvalue weighted by molar-refractivity contribution is -0.158. The predicted molar refractivity (Wildman–Crippen MR) is 62.9 cm³/mol. The van der Waals surface area contributed by atoms with Gasteiger partial charge in [0, 0.05) is 4.47 Å². The van der Waals surface area contributed by atoms with Gasteiger partial charge in [0.25, 0.3) is 0 Å². The number of esters is 1. The highest BCUT2D eigenvalue weighted by Crippen LogP contribution is 2.41. The van der Waals surface area contributed by atoms with E-state index < -0.39 is 5.60 Å². The Balaban J connectivity index is 1.93. The molecule has 0 bridgehead atoms. The molecule has 0 saturated heterocycles. The Morgan fingerprint density at radius 2 is 2.00 bits per heavy atom. The van der Waals surface area contributed by atoms with Gasteiger partial charge in [0.2, 0.25) is 0 Å². The van der Waals surface area contributed by atoms with Crippen molar-refractivity contribution in [2.75, 3.05) is 7.11 Å². The topological polar surface area (TPSA) is 35.5 Å². The van der Waals surface area contributed by atoms with Crippen LogP contribution < -0.4 is 0 Å². The van der Waals surface area contributed by atoms with Crippen LogP contribution in [-0.4, -0.2) is 18.7 Å². The number of rotatable bonds is 4. The van der Waals surface area contributed by atoms with Gasteiger partial charge in [-0.25, -0.2) is 4.79 Å². The first-order valence-electron chi connectivity index (χ1n) is 5.13. The van der Waals surface area contributed by atoms with Crippen LogP contribution in [0.4, 0.5) is 0 Å². The van der Waals surface area contributed by atoms with Gasteiger partial charge in [0.05, 0.1) is 13.7 Å². The normalized spacial score (nSPS) is 16.9. The Morgan fingerprint density at radius 3 is 2.50 bits per heavy atom. The largest absolute Gasteiger partial charge is 0.467 e. The van der Waals surface area contributed by atoms with Crippen LogP contribution in [0, 0.1) is 0 Å². The number of ether oxygens (including phenoxy) is 2. The average molecular weight is 285 g/mol. The summed E-state index contributed by atoms with van der Waals surface area (Å²) in [6.07, 6.45) is 1.52. The zero-order valence-corrected chi connectivity index (χ0v) is 10.6. The summed E-state index contributed by atoms with van der Waals surface area (Å²) in [4.78, 5) is 11.4. The van der Waals surface area contributed by atoms with Crippen LogP contribution in [-0.2, 0) is 20.9 Å². The van der Waals surface area contributed by atoms with E-state index in [-0.39, 0.29) is 5.97 Å². The fraction of sp³-hybridized carbons (Fsp3) is 0.417. The first-order valence-corrected chi connectivity index (χ1v) is 5.92. The minimum atomic E-state index is -0.665. The van der Waals surface area contributed by atoms with E-state index in [9.17, 15) is 4.79 Å². The van der Waals surface area contributed by atoms with E-state index in [1.807, 2.05) is 24.3 Å². The second kappa shape index (κ2) is 4.55. The molecule has 86 valence electrons. The molecule has 0 N–H and O–H groups in total. The smallest absolute Gasteiger partial charge is 0.338 e. The summed E-state index contributed by atoms with van der Waals surface area (Å²) in [6, 6.07) is 7.85. The van der Waals surface area contributed by atoms with E-state index in [2.05, 4.69) is 15.9 Å². The van der Waals surface area contributed by atoms with Gasteiger partial charge in [0.1, 0.15) is 0 Å². The van der Waals surface area contributed by atoms with Gasteiger partial charge in [-0.2, -0.15) is 0 Å². The Morgan fingerprint density at radius 1 is 1.38 bits per heavy atom. The Kier molecular flexibility index (Phi) is 3.30. The van der Waals surface area contributed by atoms with Crippen LogP contribution in [0.15, 0.2) is 28.7 Å². The highest BCUT2D eigenvalue weighted by Gasteiger charge is 2.52. The number of methoxy groups -OCH3 is 1. The first-order chi connectivity index (χ1) is 7.66. The van der Waals surface area contributed by atoms with Crippen LogP contribution in [0.25, 0.3) is 0 Å². The molecule has 0 spiro atoms. The zero-order valence-electron chi connectivity index (χ0n) is 9.03.